The van der Waals surface area contributed by atoms with E-state index in [1.807, 2.05) is 37.6 Å². The molecule has 17 heavy (non-hydrogen) atoms. The van der Waals surface area contributed by atoms with Crippen LogP contribution in [0.25, 0.3) is 0 Å². The van der Waals surface area contributed by atoms with Crippen LogP contribution in [0.3, 0.4) is 0 Å². The summed E-state index contributed by atoms with van der Waals surface area (Å²) in [6, 6.07) is 4.02. The zero-order chi connectivity index (χ0) is 12.5. The van der Waals surface area contributed by atoms with Gasteiger partial charge in [-0.2, -0.15) is 0 Å². The molecule has 0 aromatic carbocycles. The second-order valence-electron chi connectivity index (χ2n) is 5.23. The van der Waals surface area contributed by atoms with E-state index in [1.54, 1.807) is 0 Å². The molecule has 2 N–H and O–H groups in total. The van der Waals surface area contributed by atoms with Gasteiger partial charge in [0.25, 0.3) is 0 Å². The molecule has 2 heterocycles. The summed E-state index contributed by atoms with van der Waals surface area (Å²) in [4.78, 5) is 12.3. The van der Waals surface area contributed by atoms with E-state index in [0.717, 1.165) is 37.3 Å². The molecule has 1 saturated heterocycles. The third-order valence-electron chi connectivity index (χ3n) is 3.63. The van der Waals surface area contributed by atoms with Gasteiger partial charge in [-0.15, -0.1) is 0 Å². The minimum absolute atomic E-state index is 0.104. The van der Waals surface area contributed by atoms with E-state index in [0.29, 0.717) is 0 Å². The molecule has 1 aromatic heterocycles. The van der Waals surface area contributed by atoms with E-state index in [2.05, 4.69) is 10.7 Å². The van der Waals surface area contributed by atoms with Crippen LogP contribution >= 0.6 is 0 Å². The maximum Gasteiger partial charge on any atom is 0.246 e. The first-order valence-electron chi connectivity index (χ1n) is 6.20. The molecule has 1 atom stereocenters. The van der Waals surface area contributed by atoms with Crippen LogP contribution in [-0.2, 0) is 4.79 Å². The Hall–Kier alpha value is -1.29. The number of hydrogen-bond acceptors (Lipinski definition) is 2. The lowest BCUT2D eigenvalue weighted by atomic mass is 9.82. The molecule has 0 spiro atoms. The molecule has 0 aliphatic carbocycles. The summed E-state index contributed by atoms with van der Waals surface area (Å²) in [6.45, 7) is 7.80. The summed E-state index contributed by atoms with van der Waals surface area (Å²) in [5.74, 6) is 0.104. The van der Waals surface area contributed by atoms with E-state index in [1.165, 1.54) is 0 Å². The number of piperidine rings is 1. The lowest BCUT2D eigenvalue weighted by molar-refractivity contribution is -0.126. The maximum absolute atomic E-state index is 12.3. The number of carbonyl (C=O) groups excluding carboxylic acids is 1. The average molecular weight is 235 g/mol. The maximum atomic E-state index is 12.3. The van der Waals surface area contributed by atoms with Crippen molar-refractivity contribution in [1.82, 2.24) is 9.99 Å². The number of hydrogen-bond donors (Lipinski definition) is 2. The second-order valence-corrected chi connectivity index (χ2v) is 5.23. The highest BCUT2D eigenvalue weighted by atomic mass is 16.2. The van der Waals surface area contributed by atoms with Gasteiger partial charge in [0.1, 0.15) is 0 Å². The van der Waals surface area contributed by atoms with Crippen molar-refractivity contribution in [3.05, 3.63) is 23.5 Å². The fourth-order valence-corrected chi connectivity index (χ4v) is 2.33. The van der Waals surface area contributed by atoms with Crippen molar-refractivity contribution in [2.45, 2.75) is 33.6 Å². The van der Waals surface area contributed by atoms with Crippen LogP contribution < -0.4 is 10.7 Å². The molecule has 94 valence electrons. The van der Waals surface area contributed by atoms with Gasteiger partial charge in [0, 0.05) is 17.9 Å². The number of aromatic nitrogens is 1. The van der Waals surface area contributed by atoms with Gasteiger partial charge in [-0.3, -0.25) is 14.9 Å². The molecule has 0 saturated carbocycles. The van der Waals surface area contributed by atoms with Crippen molar-refractivity contribution in [2.75, 3.05) is 18.5 Å². The Bertz CT molecular complexity index is 397. The van der Waals surface area contributed by atoms with E-state index in [4.69, 9.17) is 0 Å². The van der Waals surface area contributed by atoms with Gasteiger partial charge in [-0.05, 0) is 52.3 Å². The Morgan fingerprint density at radius 1 is 1.41 bits per heavy atom. The molecule has 1 amide bonds. The second kappa shape index (κ2) is 4.53. The van der Waals surface area contributed by atoms with Crippen molar-refractivity contribution in [3.8, 4) is 0 Å². The van der Waals surface area contributed by atoms with E-state index < -0.39 is 0 Å². The average Bonchev–Trinajstić information content (AvgIpc) is 2.62. The van der Waals surface area contributed by atoms with Crippen LogP contribution in [0, 0.1) is 19.3 Å². The molecule has 0 bridgehead atoms. The molecule has 2 rings (SSSR count). The summed E-state index contributed by atoms with van der Waals surface area (Å²) in [7, 11) is 0. The van der Waals surface area contributed by atoms with Gasteiger partial charge in [0.15, 0.2) is 0 Å². The predicted molar refractivity (Wildman–Crippen MR) is 68.5 cm³/mol. The minimum atomic E-state index is -0.290. The molecular formula is C13H21N3O. The van der Waals surface area contributed by atoms with Crippen molar-refractivity contribution in [3.63, 3.8) is 0 Å². The molecular weight excluding hydrogens is 214 g/mol. The third kappa shape index (κ3) is 2.36. The summed E-state index contributed by atoms with van der Waals surface area (Å²) in [5.41, 5.74) is 4.83. The summed E-state index contributed by atoms with van der Waals surface area (Å²) < 4.78 is 1.86. The first kappa shape index (κ1) is 12.2. The topological polar surface area (TPSA) is 46.1 Å². The zero-order valence-electron chi connectivity index (χ0n) is 10.8. The van der Waals surface area contributed by atoms with Crippen LogP contribution in [0.2, 0.25) is 0 Å². The van der Waals surface area contributed by atoms with Crippen molar-refractivity contribution >= 4 is 5.91 Å². The Morgan fingerprint density at radius 2 is 2.06 bits per heavy atom. The number of nitrogens with zero attached hydrogens (tertiary/aromatic N) is 1. The lowest BCUT2D eigenvalue weighted by Gasteiger charge is -2.33. The first-order valence-corrected chi connectivity index (χ1v) is 6.20. The number of carbonyl (C=O) groups is 1. The van der Waals surface area contributed by atoms with Crippen molar-refractivity contribution in [2.24, 2.45) is 5.41 Å². The van der Waals surface area contributed by atoms with Crippen molar-refractivity contribution < 1.29 is 4.79 Å². The zero-order valence-corrected chi connectivity index (χ0v) is 10.8. The molecule has 1 fully saturated rings. The minimum Gasteiger partial charge on any atom is -0.316 e. The van der Waals surface area contributed by atoms with Gasteiger partial charge in [0.2, 0.25) is 5.91 Å². The number of rotatable bonds is 2. The van der Waals surface area contributed by atoms with Crippen LogP contribution in [0.1, 0.15) is 31.2 Å². The smallest absolute Gasteiger partial charge is 0.246 e. The van der Waals surface area contributed by atoms with Gasteiger partial charge in [-0.1, -0.05) is 0 Å². The number of aryl methyl sites for hydroxylation is 2. The largest absolute Gasteiger partial charge is 0.316 e. The van der Waals surface area contributed by atoms with Crippen LogP contribution in [0.4, 0.5) is 0 Å². The van der Waals surface area contributed by atoms with Crippen LogP contribution in [0.5, 0.6) is 0 Å². The Kier molecular flexibility index (Phi) is 3.24. The monoisotopic (exact) mass is 235 g/mol. The van der Waals surface area contributed by atoms with Gasteiger partial charge < -0.3 is 5.32 Å². The number of nitrogens with one attached hydrogen (secondary N) is 2. The highest BCUT2D eigenvalue weighted by Crippen LogP contribution is 2.26. The van der Waals surface area contributed by atoms with E-state index >= 15 is 0 Å². The van der Waals surface area contributed by atoms with E-state index in [-0.39, 0.29) is 11.3 Å². The fourth-order valence-electron chi connectivity index (χ4n) is 2.33. The highest BCUT2D eigenvalue weighted by molar-refractivity contribution is 5.89. The summed E-state index contributed by atoms with van der Waals surface area (Å²) in [6.07, 6.45) is 2.01. The molecule has 4 heteroatoms. The molecule has 1 aromatic rings. The molecule has 1 aliphatic heterocycles. The molecule has 1 aliphatic rings. The van der Waals surface area contributed by atoms with Gasteiger partial charge >= 0.3 is 0 Å². The standard InChI is InChI=1S/C13H21N3O/c1-10-5-6-11(2)16(10)15-12(17)13(3)7-4-8-14-9-13/h5-6,14H,4,7-9H2,1-3H3,(H,15,17). The Balaban J connectivity index is 2.11. The van der Waals surface area contributed by atoms with Gasteiger partial charge in [0.05, 0.1) is 5.41 Å². The molecule has 4 nitrogen and oxygen atoms in total. The predicted octanol–water partition coefficient (Wildman–Crippen LogP) is 1.56. The van der Waals surface area contributed by atoms with E-state index in [9.17, 15) is 4.79 Å². The Morgan fingerprint density at radius 3 is 2.59 bits per heavy atom. The summed E-state index contributed by atoms with van der Waals surface area (Å²) >= 11 is 0. The quantitative estimate of drug-likeness (QED) is 0.817. The lowest BCUT2D eigenvalue weighted by Crippen LogP contribution is -2.48. The summed E-state index contributed by atoms with van der Waals surface area (Å²) in [5, 5.41) is 3.29. The third-order valence-corrected chi connectivity index (χ3v) is 3.63. The highest BCUT2D eigenvalue weighted by Gasteiger charge is 2.34. The SMILES string of the molecule is Cc1ccc(C)n1NC(=O)C1(C)CCCNC1. The van der Waals surface area contributed by atoms with Gasteiger partial charge in [-0.25, -0.2) is 0 Å². The number of amides is 1. The first-order chi connectivity index (χ1) is 8.03. The van der Waals surface area contributed by atoms with Crippen LogP contribution in [-0.4, -0.2) is 23.7 Å². The fraction of sp³-hybridized carbons (Fsp3) is 0.615. The normalized spacial score (nSPS) is 24.6. The molecule has 0 radical (unpaired) electrons. The van der Waals surface area contributed by atoms with Crippen LogP contribution in [0.15, 0.2) is 12.1 Å². The Labute approximate surface area is 102 Å². The molecule has 1 unspecified atom stereocenters. The van der Waals surface area contributed by atoms with Crippen molar-refractivity contribution in [1.29, 1.82) is 0 Å².